The topological polar surface area (TPSA) is 29.5 Å². The summed E-state index contributed by atoms with van der Waals surface area (Å²) in [7, 11) is 0. The second-order valence-corrected chi connectivity index (χ2v) is 5.95. The molecule has 3 aromatic rings. The first-order chi connectivity index (χ1) is 12.2. The predicted octanol–water partition coefficient (Wildman–Crippen LogP) is 5.34. The van der Waals surface area contributed by atoms with Crippen LogP contribution >= 0.6 is 0 Å². The molecule has 0 atom stereocenters. The molecule has 0 bridgehead atoms. The summed E-state index contributed by atoms with van der Waals surface area (Å²) >= 11 is 0. The van der Waals surface area contributed by atoms with Crippen molar-refractivity contribution in [2.24, 2.45) is 0 Å². The highest BCUT2D eigenvalue weighted by Crippen LogP contribution is 2.19. The number of hydrogen-bond donors (Lipinski definition) is 0. The van der Waals surface area contributed by atoms with Gasteiger partial charge in [-0.25, -0.2) is 4.79 Å². The molecule has 0 heterocycles. The van der Waals surface area contributed by atoms with Gasteiger partial charge in [0, 0.05) is 5.69 Å². The van der Waals surface area contributed by atoms with E-state index in [1.54, 1.807) is 4.90 Å². The maximum Gasteiger partial charge on any atom is 0.414 e. The number of amides is 1. The zero-order valence-corrected chi connectivity index (χ0v) is 14.3. The fourth-order valence-corrected chi connectivity index (χ4v) is 2.54. The van der Waals surface area contributed by atoms with E-state index in [9.17, 15) is 4.79 Å². The van der Waals surface area contributed by atoms with Gasteiger partial charge >= 0.3 is 6.09 Å². The van der Waals surface area contributed by atoms with E-state index >= 15 is 0 Å². The van der Waals surface area contributed by atoms with E-state index in [4.69, 9.17) is 4.74 Å². The Labute approximate surface area is 148 Å². The van der Waals surface area contributed by atoms with Gasteiger partial charge in [0.05, 0.1) is 6.54 Å². The maximum atomic E-state index is 12.7. The van der Waals surface area contributed by atoms with Gasteiger partial charge in [-0.05, 0) is 30.2 Å². The monoisotopic (exact) mass is 331 g/mol. The van der Waals surface area contributed by atoms with Crippen LogP contribution in [0.25, 0.3) is 0 Å². The first-order valence-corrected chi connectivity index (χ1v) is 8.31. The van der Waals surface area contributed by atoms with Crippen LogP contribution in [0.2, 0.25) is 0 Å². The van der Waals surface area contributed by atoms with Gasteiger partial charge in [-0.3, -0.25) is 4.90 Å². The number of benzene rings is 3. The number of para-hydroxylation sites is 1. The van der Waals surface area contributed by atoms with Gasteiger partial charge in [0.15, 0.2) is 0 Å². The lowest BCUT2D eigenvalue weighted by Gasteiger charge is -2.22. The Morgan fingerprint density at radius 1 is 0.800 bits per heavy atom. The Kier molecular flexibility index (Phi) is 5.47. The minimum Gasteiger partial charge on any atom is -0.444 e. The van der Waals surface area contributed by atoms with Crippen LogP contribution in [0.5, 0.6) is 0 Å². The Balaban J connectivity index is 1.76. The molecule has 0 unspecified atom stereocenters. The Morgan fingerprint density at radius 2 is 1.40 bits per heavy atom. The van der Waals surface area contributed by atoms with E-state index in [0.29, 0.717) is 6.54 Å². The lowest BCUT2D eigenvalue weighted by Crippen LogP contribution is -2.30. The highest BCUT2D eigenvalue weighted by Gasteiger charge is 2.17. The van der Waals surface area contributed by atoms with Crippen molar-refractivity contribution in [3.05, 3.63) is 102 Å². The van der Waals surface area contributed by atoms with Crippen LogP contribution < -0.4 is 4.90 Å². The predicted molar refractivity (Wildman–Crippen MR) is 100 cm³/mol. The zero-order chi connectivity index (χ0) is 17.5. The number of hydrogen-bond acceptors (Lipinski definition) is 2. The molecule has 0 N–H and O–H groups in total. The summed E-state index contributed by atoms with van der Waals surface area (Å²) in [5.74, 6) is 0. The highest BCUT2D eigenvalue weighted by molar-refractivity contribution is 5.87. The Morgan fingerprint density at radius 3 is 2.04 bits per heavy atom. The van der Waals surface area contributed by atoms with Gasteiger partial charge < -0.3 is 4.74 Å². The summed E-state index contributed by atoms with van der Waals surface area (Å²) in [5.41, 5.74) is 4.05. The normalized spacial score (nSPS) is 10.3. The van der Waals surface area contributed by atoms with Crippen molar-refractivity contribution in [1.29, 1.82) is 0 Å². The third-order valence-corrected chi connectivity index (χ3v) is 3.95. The van der Waals surface area contributed by atoms with E-state index in [-0.39, 0.29) is 12.7 Å². The summed E-state index contributed by atoms with van der Waals surface area (Å²) in [6, 6.07) is 27.5. The summed E-state index contributed by atoms with van der Waals surface area (Å²) in [4.78, 5) is 14.4. The van der Waals surface area contributed by atoms with Crippen molar-refractivity contribution >= 4 is 11.8 Å². The standard InChI is InChI=1S/C22H21NO2/c1-18-12-14-19(15-13-18)16-23(21-10-6-3-7-11-21)22(24)25-17-20-8-4-2-5-9-20/h2-15H,16-17H2,1H3. The molecule has 0 saturated heterocycles. The number of aryl methyl sites for hydroxylation is 1. The number of anilines is 1. The second-order valence-electron chi connectivity index (χ2n) is 5.95. The van der Waals surface area contributed by atoms with Crippen molar-refractivity contribution in [1.82, 2.24) is 0 Å². The average Bonchev–Trinajstić information content (AvgIpc) is 2.67. The Bertz CT molecular complexity index is 798. The van der Waals surface area contributed by atoms with Crippen molar-refractivity contribution in [2.75, 3.05) is 4.90 Å². The molecule has 3 heteroatoms. The molecule has 25 heavy (non-hydrogen) atoms. The number of carbonyl (C=O) groups excluding carboxylic acids is 1. The van der Waals surface area contributed by atoms with Crippen molar-refractivity contribution in [2.45, 2.75) is 20.1 Å². The molecule has 0 aliphatic rings. The van der Waals surface area contributed by atoms with E-state index in [1.807, 2.05) is 91.9 Å². The molecule has 0 fully saturated rings. The van der Waals surface area contributed by atoms with Gasteiger partial charge in [0.2, 0.25) is 0 Å². The molecule has 0 saturated carbocycles. The van der Waals surface area contributed by atoms with Crippen LogP contribution in [0.3, 0.4) is 0 Å². The third-order valence-electron chi connectivity index (χ3n) is 3.95. The molecule has 0 aromatic heterocycles. The van der Waals surface area contributed by atoms with Crippen LogP contribution in [0.15, 0.2) is 84.9 Å². The molecular weight excluding hydrogens is 310 g/mol. The fraction of sp³-hybridized carbons (Fsp3) is 0.136. The molecule has 0 spiro atoms. The van der Waals surface area contributed by atoms with Crippen LogP contribution in [0, 0.1) is 6.92 Å². The molecule has 0 aliphatic heterocycles. The van der Waals surface area contributed by atoms with Crippen LogP contribution in [-0.2, 0) is 17.9 Å². The fourth-order valence-electron chi connectivity index (χ4n) is 2.54. The van der Waals surface area contributed by atoms with Gasteiger partial charge in [0.25, 0.3) is 0 Å². The molecule has 3 rings (SSSR count). The average molecular weight is 331 g/mol. The molecule has 3 aromatic carbocycles. The first-order valence-electron chi connectivity index (χ1n) is 8.31. The molecule has 126 valence electrons. The SMILES string of the molecule is Cc1ccc(CN(C(=O)OCc2ccccc2)c2ccccc2)cc1. The molecule has 3 nitrogen and oxygen atoms in total. The van der Waals surface area contributed by atoms with Gasteiger partial charge in [-0.15, -0.1) is 0 Å². The molecule has 0 aliphatic carbocycles. The molecule has 1 amide bonds. The maximum absolute atomic E-state index is 12.7. The third kappa shape index (κ3) is 4.70. The van der Waals surface area contributed by atoms with Crippen molar-refractivity contribution in [3.8, 4) is 0 Å². The van der Waals surface area contributed by atoms with Crippen LogP contribution in [-0.4, -0.2) is 6.09 Å². The van der Waals surface area contributed by atoms with E-state index in [2.05, 4.69) is 0 Å². The number of carbonyl (C=O) groups is 1. The number of nitrogens with zero attached hydrogens (tertiary/aromatic N) is 1. The molecule has 0 radical (unpaired) electrons. The number of rotatable bonds is 5. The van der Waals surface area contributed by atoms with Gasteiger partial charge in [-0.1, -0.05) is 78.4 Å². The van der Waals surface area contributed by atoms with E-state index < -0.39 is 0 Å². The smallest absolute Gasteiger partial charge is 0.414 e. The number of ether oxygens (including phenoxy) is 1. The Hall–Kier alpha value is -3.07. The summed E-state index contributed by atoms with van der Waals surface area (Å²) in [5, 5.41) is 0. The second kappa shape index (κ2) is 8.15. The van der Waals surface area contributed by atoms with E-state index in [1.165, 1.54) is 5.56 Å². The minimum atomic E-state index is -0.351. The summed E-state index contributed by atoms with van der Waals surface area (Å²) in [6.45, 7) is 2.78. The summed E-state index contributed by atoms with van der Waals surface area (Å²) in [6.07, 6.45) is -0.351. The van der Waals surface area contributed by atoms with Gasteiger partial charge in [0.1, 0.15) is 6.61 Å². The molecular formula is C22H21NO2. The van der Waals surface area contributed by atoms with E-state index in [0.717, 1.165) is 16.8 Å². The minimum absolute atomic E-state index is 0.261. The summed E-state index contributed by atoms with van der Waals surface area (Å²) < 4.78 is 5.53. The van der Waals surface area contributed by atoms with Crippen LogP contribution in [0.4, 0.5) is 10.5 Å². The lowest BCUT2D eigenvalue weighted by atomic mass is 10.1. The lowest BCUT2D eigenvalue weighted by molar-refractivity contribution is 0.146. The highest BCUT2D eigenvalue weighted by atomic mass is 16.6. The van der Waals surface area contributed by atoms with Gasteiger partial charge in [-0.2, -0.15) is 0 Å². The zero-order valence-electron chi connectivity index (χ0n) is 14.3. The first kappa shape index (κ1) is 16.8. The van der Waals surface area contributed by atoms with Crippen molar-refractivity contribution in [3.63, 3.8) is 0 Å². The van der Waals surface area contributed by atoms with Crippen molar-refractivity contribution < 1.29 is 9.53 Å². The largest absolute Gasteiger partial charge is 0.444 e. The van der Waals surface area contributed by atoms with Crippen LogP contribution in [0.1, 0.15) is 16.7 Å². The quantitative estimate of drug-likeness (QED) is 0.631.